The normalized spacial score (nSPS) is 12.2. The van der Waals surface area contributed by atoms with Crippen LogP contribution in [0.4, 0.5) is 34.1 Å². The number of aryl methyl sites for hydroxylation is 4. The second-order valence-electron chi connectivity index (χ2n) is 19.5. The third-order valence-corrected chi connectivity index (χ3v) is 14.8. The monoisotopic (exact) mass is 884 g/mol. The van der Waals surface area contributed by atoms with E-state index in [2.05, 4.69) is 223 Å². The molecule has 0 bridgehead atoms. The smallest absolute Gasteiger partial charge is 0.159 e. The first-order valence-corrected chi connectivity index (χ1v) is 24.5. The molecule has 0 N–H and O–H groups in total. The van der Waals surface area contributed by atoms with Crippen LogP contribution in [0.1, 0.15) is 86.8 Å². The van der Waals surface area contributed by atoms with E-state index in [0.717, 1.165) is 90.8 Å². The molecule has 0 aliphatic carbocycles. The highest BCUT2D eigenvalue weighted by Gasteiger charge is 2.29. The predicted molar refractivity (Wildman–Crippen MR) is 290 cm³/mol. The van der Waals surface area contributed by atoms with Crippen LogP contribution in [0.25, 0.3) is 76.2 Å². The van der Waals surface area contributed by atoms with Gasteiger partial charge in [0.05, 0.1) is 22.7 Å². The van der Waals surface area contributed by atoms with Gasteiger partial charge in [0, 0.05) is 43.7 Å². The molecule has 0 saturated heterocycles. The molecule has 68 heavy (non-hydrogen) atoms. The van der Waals surface area contributed by atoms with Crippen molar-refractivity contribution in [1.82, 2.24) is 0 Å². The van der Waals surface area contributed by atoms with E-state index in [9.17, 15) is 0 Å². The molecule has 334 valence electrons. The van der Waals surface area contributed by atoms with Crippen LogP contribution in [0.3, 0.4) is 0 Å². The molecule has 0 amide bonds. The maximum Gasteiger partial charge on any atom is 0.159 e. The fraction of sp³-hybridized carbons (Fsp3) is 0.188. The van der Waals surface area contributed by atoms with Crippen LogP contribution >= 0.6 is 0 Å². The molecule has 0 spiro atoms. The Hall–Kier alpha value is -7.56. The fourth-order valence-electron chi connectivity index (χ4n) is 11.4. The first-order valence-electron chi connectivity index (χ1n) is 24.5. The molecular formula is C64H56N2O2. The average Bonchev–Trinajstić information content (AvgIpc) is 3.93. The summed E-state index contributed by atoms with van der Waals surface area (Å²) >= 11 is 0. The lowest BCUT2D eigenvalue weighted by atomic mass is 9.84. The number of anilines is 6. The van der Waals surface area contributed by atoms with Crippen molar-refractivity contribution >= 4 is 110 Å². The minimum Gasteiger partial charge on any atom is -0.454 e. The van der Waals surface area contributed by atoms with Gasteiger partial charge < -0.3 is 18.6 Å². The zero-order valence-electron chi connectivity index (χ0n) is 40.3. The highest BCUT2D eigenvalue weighted by molar-refractivity contribution is 6.30. The molecule has 2 aromatic heterocycles. The zero-order chi connectivity index (χ0) is 46.5. The third-order valence-electron chi connectivity index (χ3n) is 14.8. The van der Waals surface area contributed by atoms with Crippen LogP contribution in [0.2, 0.25) is 0 Å². The summed E-state index contributed by atoms with van der Waals surface area (Å²) in [5.74, 6) is 0.496. The van der Waals surface area contributed by atoms with Gasteiger partial charge in [0.15, 0.2) is 11.2 Å². The number of rotatable bonds is 10. The van der Waals surface area contributed by atoms with Crippen LogP contribution in [-0.2, 0) is 12.8 Å². The highest BCUT2D eigenvalue weighted by atomic mass is 16.3. The van der Waals surface area contributed by atoms with Crippen molar-refractivity contribution in [3.63, 3.8) is 0 Å². The Kier molecular flexibility index (Phi) is 9.88. The summed E-state index contributed by atoms with van der Waals surface area (Å²) < 4.78 is 13.7. The van der Waals surface area contributed by atoms with Crippen molar-refractivity contribution in [3.05, 3.63) is 191 Å². The summed E-state index contributed by atoms with van der Waals surface area (Å²) in [7, 11) is 0. The molecular weight excluding hydrogens is 829 g/mol. The number of fused-ring (bicyclic) bond motifs is 6. The second kappa shape index (κ2) is 16.1. The van der Waals surface area contributed by atoms with Crippen molar-refractivity contribution in [2.45, 2.75) is 80.1 Å². The molecule has 0 radical (unpaired) electrons. The lowest BCUT2D eigenvalue weighted by Crippen LogP contribution is -2.14. The summed E-state index contributed by atoms with van der Waals surface area (Å²) in [5.41, 5.74) is 18.0. The van der Waals surface area contributed by atoms with Gasteiger partial charge in [-0.2, -0.15) is 0 Å². The van der Waals surface area contributed by atoms with E-state index >= 15 is 0 Å². The van der Waals surface area contributed by atoms with E-state index in [1.165, 1.54) is 65.7 Å². The third kappa shape index (κ3) is 6.34. The number of furan rings is 2. The zero-order valence-corrected chi connectivity index (χ0v) is 40.3. The number of benzene rings is 10. The Morgan fingerprint density at radius 1 is 0.382 bits per heavy atom. The maximum absolute atomic E-state index is 6.87. The van der Waals surface area contributed by atoms with Crippen LogP contribution < -0.4 is 9.80 Å². The Labute approximate surface area is 398 Å². The van der Waals surface area contributed by atoms with Crippen LogP contribution in [0.15, 0.2) is 167 Å². The van der Waals surface area contributed by atoms with Gasteiger partial charge in [-0.25, -0.2) is 0 Å². The van der Waals surface area contributed by atoms with Gasteiger partial charge >= 0.3 is 0 Å². The molecule has 0 unspecified atom stereocenters. The van der Waals surface area contributed by atoms with Gasteiger partial charge in [-0.05, 0) is 154 Å². The van der Waals surface area contributed by atoms with Crippen LogP contribution in [0.5, 0.6) is 0 Å². The van der Waals surface area contributed by atoms with Crippen molar-refractivity contribution in [2.75, 3.05) is 9.80 Å². The highest BCUT2D eigenvalue weighted by Crippen LogP contribution is 2.53. The first kappa shape index (κ1) is 41.8. The van der Waals surface area contributed by atoms with Crippen LogP contribution in [0, 0.1) is 13.8 Å². The molecule has 4 heteroatoms. The molecule has 12 aromatic rings. The standard InChI is InChI=1S/C64H56N2O2/c1-9-41-25-27-43(33-39(41)7)65(55-21-15-19-49-45-17-11-13-23-59(45)67-63(49)55)57-35-53(37(3)4)47-30-32-52-58(36-54(38(5)6)48-29-31-51(57)61(47)62(48)52)66(44-28-26-42(10-2)40(8)34-44)56-22-16-20-50-46-18-12-14-24-60(46)68-64(50)56/h11-38H,9-10H2,1-8H3. The molecule has 2 heterocycles. The second-order valence-corrected chi connectivity index (χ2v) is 19.5. The van der Waals surface area contributed by atoms with Crippen molar-refractivity contribution in [1.29, 1.82) is 0 Å². The van der Waals surface area contributed by atoms with Gasteiger partial charge in [-0.15, -0.1) is 0 Å². The van der Waals surface area contributed by atoms with Crippen LogP contribution in [-0.4, -0.2) is 0 Å². The van der Waals surface area contributed by atoms with Gasteiger partial charge in [-0.1, -0.05) is 139 Å². The molecule has 0 atom stereocenters. The largest absolute Gasteiger partial charge is 0.454 e. The first-order chi connectivity index (χ1) is 33.1. The van der Waals surface area contributed by atoms with Gasteiger partial charge in [0.1, 0.15) is 11.2 Å². The quantitative estimate of drug-likeness (QED) is 0.128. The lowest BCUT2D eigenvalue weighted by molar-refractivity contribution is 0.668. The minimum absolute atomic E-state index is 0.248. The van der Waals surface area contributed by atoms with E-state index in [-0.39, 0.29) is 11.8 Å². The molecule has 12 rings (SSSR count). The summed E-state index contributed by atoms with van der Waals surface area (Å²) in [6, 6.07) is 58.5. The SMILES string of the molecule is CCc1ccc(N(c2cc(C(C)C)c3ccc4c(N(c5ccc(CC)c(C)c5)c5cccc6c5oc5ccccc56)cc(C(C)C)c5ccc2c3c54)c2cccc3c2oc2ccccc23)cc1C. The summed E-state index contributed by atoms with van der Waals surface area (Å²) in [5, 5.41) is 12.0. The fourth-order valence-corrected chi connectivity index (χ4v) is 11.4. The molecule has 10 aromatic carbocycles. The lowest BCUT2D eigenvalue weighted by Gasteiger charge is -2.32. The molecule has 0 aliphatic heterocycles. The predicted octanol–water partition coefficient (Wildman–Crippen LogP) is 19.3. The van der Waals surface area contributed by atoms with Gasteiger partial charge in [-0.3, -0.25) is 0 Å². The van der Waals surface area contributed by atoms with E-state index < -0.39 is 0 Å². The maximum atomic E-state index is 6.87. The van der Waals surface area contributed by atoms with Crippen molar-refractivity contribution < 1.29 is 8.83 Å². The summed E-state index contributed by atoms with van der Waals surface area (Å²) in [6.45, 7) is 18.3. The van der Waals surface area contributed by atoms with E-state index in [0.29, 0.717) is 0 Å². The van der Waals surface area contributed by atoms with Gasteiger partial charge in [0.25, 0.3) is 0 Å². The number of para-hydroxylation sites is 4. The van der Waals surface area contributed by atoms with Crippen molar-refractivity contribution in [2.24, 2.45) is 0 Å². The molecule has 0 aliphatic rings. The molecule has 4 nitrogen and oxygen atoms in total. The molecule has 0 fully saturated rings. The number of nitrogens with zero attached hydrogens (tertiary/aromatic N) is 2. The average molecular weight is 885 g/mol. The van der Waals surface area contributed by atoms with E-state index in [1.54, 1.807) is 0 Å². The summed E-state index contributed by atoms with van der Waals surface area (Å²) in [6.07, 6.45) is 1.96. The topological polar surface area (TPSA) is 32.8 Å². The number of hydrogen-bond donors (Lipinski definition) is 0. The van der Waals surface area contributed by atoms with Crippen molar-refractivity contribution in [3.8, 4) is 0 Å². The van der Waals surface area contributed by atoms with Gasteiger partial charge in [0.2, 0.25) is 0 Å². The number of hydrogen-bond acceptors (Lipinski definition) is 4. The molecule has 0 saturated carbocycles. The minimum atomic E-state index is 0.248. The Morgan fingerprint density at radius 3 is 1.18 bits per heavy atom. The van der Waals surface area contributed by atoms with E-state index in [1.807, 2.05) is 0 Å². The van der Waals surface area contributed by atoms with E-state index in [4.69, 9.17) is 8.83 Å². The Bertz CT molecular complexity index is 3680. The summed E-state index contributed by atoms with van der Waals surface area (Å²) in [4.78, 5) is 4.96. The Balaban J connectivity index is 1.21. The Morgan fingerprint density at radius 2 is 0.779 bits per heavy atom.